The molecule has 0 aromatic heterocycles. The van der Waals surface area contributed by atoms with Gasteiger partial charge >= 0.3 is 0 Å². The second kappa shape index (κ2) is 7.24. The van der Waals surface area contributed by atoms with E-state index in [4.69, 9.17) is 0 Å². The van der Waals surface area contributed by atoms with E-state index in [2.05, 4.69) is 11.4 Å². The van der Waals surface area contributed by atoms with Crippen LogP contribution in [0.5, 0.6) is 0 Å². The third-order valence-electron chi connectivity index (χ3n) is 3.89. The van der Waals surface area contributed by atoms with Crippen LogP contribution in [-0.2, 0) is 27.8 Å². The molecule has 0 saturated carbocycles. The first kappa shape index (κ1) is 17.0. The van der Waals surface area contributed by atoms with Crippen LogP contribution in [-0.4, -0.2) is 37.5 Å². The minimum Gasteiger partial charge on any atom is -0.356 e. The third-order valence-corrected chi connectivity index (χ3v) is 5.79. The second-order valence-corrected chi connectivity index (χ2v) is 8.06. The maximum atomic E-state index is 12.4. The fraction of sp³-hybridized carbons (Fsp3) is 0.562. The summed E-state index contributed by atoms with van der Waals surface area (Å²) in [6, 6.07) is 7.97. The van der Waals surface area contributed by atoms with E-state index in [0.717, 1.165) is 12.0 Å². The molecule has 122 valence electrons. The normalized spacial score (nSPS) is 15.6. The molecule has 1 N–H and O–H groups in total. The SMILES string of the molecule is CC(C)C(=O)NCCCS(=O)(=O)N1CCc2ccccc2C1. The Labute approximate surface area is 132 Å². The number of hydrogen-bond acceptors (Lipinski definition) is 3. The summed E-state index contributed by atoms with van der Waals surface area (Å²) in [6.45, 7) is 5.03. The molecule has 2 rings (SSSR count). The molecule has 6 heteroatoms. The average Bonchev–Trinajstić information content (AvgIpc) is 2.50. The molecular weight excluding hydrogens is 300 g/mol. The maximum Gasteiger partial charge on any atom is 0.222 e. The zero-order valence-electron chi connectivity index (χ0n) is 13.2. The molecule has 22 heavy (non-hydrogen) atoms. The second-order valence-electron chi connectivity index (χ2n) is 5.97. The average molecular weight is 324 g/mol. The largest absolute Gasteiger partial charge is 0.356 e. The number of fused-ring (bicyclic) bond motifs is 1. The number of sulfonamides is 1. The molecule has 0 atom stereocenters. The van der Waals surface area contributed by atoms with E-state index in [1.54, 1.807) is 4.31 Å². The Bertz CT molecular complexity index is 626. The first-order chi connectivity index (χ1) is 10.4. The Morgan fingerprint density at radius 2 is 1.95 bits per heavy atom. The first-order valence-electron chi connectivity index (χ1n) is 7.72. The van der Waals surface area contributed by atoms with Crippen LogP contribution in [0.4, 0.5) is 0 Å². The highest BCUT2D eigenvalue weighted by Gasteiger charge is 2.25. The number of rotatable bonds is 6. The predicted molar refractivity (Wildman–Crippen MR) is 86.8 cm³/mol. The van der Waals surface area contributed by atoms with Crippen LogP contribution in [0.3, 0.4) is 0 Å². The van der Waals surface area contributed by atoms with Crippen molar-refractivity contribution >= 4 is 15.9 Å². The Morgan fingerprint density at radius 1 is 1.27 bits per heavy atom. The highest BCUT2D eigenvalue weighted by Crippen LogP contribution is 2.21. The molecule has 1 aliphatic rings. The zero-order valence-corrected chi connectivity index (χ0v) is 14.0. The monoisotopic (exact) mass is 324 g/mol. The van der Waals surface area contributed by atoms with E-state index >= 15 is 0 Å². The fourth-order valence-corrected chi connectivity index (χ4v) is 3.98. The number of carbonyl (C=O) groups is 1. The summed E-state index contributed by atoms with van der Waals surface area (Å²) >= 11 is 0. The van der Waals surface area contributed by atoms with Gasteiger partial charge in [-0.15, -0.1) is 0 Å². The van der Waals surface area contributed by atoms with Crippen molar-refractivity contribution in [1.82, 2.24) is 9.62 Å². The zero-order chi connectivity index (χ0) is 16.2. The highest BCUT2D eigenvalue weighted by atomic mass is 32.2. The summed E-state index contributed by atoms with van der Waals surface area (Å²) in [5.41, 5.74) is 2.32. The molecule has 0 aliphatic carbocycles. The molecule has 0 fully saturated rings. The van der Waals surface area contributed by atoms with Gasteiger partial charge in [0.2, 0.25) is 15.9 Å². The van der Waals surface area contributed by atoms with Crippen molar-refractivity contribution in [2.75, 3.05) is 18.8 Å². The number of benzene rings is 1. The summed E-state index contributed by atoms with van der Waals surface area (Å²) < 4.78 is 26.3. The fourth-order valence-electron chi connectivity index (χ4n) is 2.51. The molecule has 0 unspecified atom stereocenters. The molecular formula is C16H24N2O3S. The first-order valence-corrected chi connectivity index (χ1v) is 9.33. The summed E-state index contributed by atoms with van der Waals surface area (Å²) in [5, 5.41) is 2.75. The summed E-state index contributed by atoms with van der Waals surface area (Å²) in [5.74, 6) is -0.0346. The number of carbonyl (C=O) groups excluding carboxylic acids is 1. The van der Waals surface area contributed by atoms with Gasteiger partial charge in [0.15, 0.2) is 0 Å². The lowest BCUT2D eigenvalue weighted by Gasteiger charge is -2.28. The minimum absolute atomic E-state index is 0.0377. The van der Waals surface area contributed by atoms with Gasteiger partial charge in [-0.1, -0.05) is 38.1 Å². The van der Waals surface area contributed by atoms with Crippen molar-refractivity contribution in [3.8, 4) is 0 Å². The molecule has 1 amide bonds. The van der Waals surface area contributed by atoms with Gasteiger partial charge in [0.1, 0.15) is 0 Å². The molecule has 1 heterocycles. The van der Waals surface area contributed by atoms with Crippen LogP contribution in [0.25, 0.3) is 0 Å². The molecule has 0 bridgehead atoms. The van der Waals surface area contributed by atoms with Crippen LogP contribution in [0.1, 0.15) is 31.4 Å². The molecule has 0 saturated heterocycles. The van der Waals surface area contributed by atoms with E-state index in [9.17, 15) is 13.2 Å². The Kier molecular flexibility index (Phi) is 5.58. The van der Waals surface area contributed by atoms with Crippen LogP contribution >= 0.6 is 0 Å². The van der Waals surface area contributed by atoms with Gasteiger partial charge < -0.3 is 5.32 Å². The Balaban J connectivity index is 1.85. The van der Waals surface area contributed by atoms with Crippen molar-refractivity contribution < 1.29 is 13.2 Å². The van der Waals surface area contributed by atoms with E-state index < -0.39 is 10.0 Å². The van der Waals surface area contributed by atoms with E-state index in [-0.39, 0.29) is 17.6 Å². The molecule has 1 aromatic rings. The van der Waals surface area contributed by atoms with Gasteiger partial charge in [0, 0.05) is 25.6 Å². The van der Waals surface area contributed by atoms with Gasteiger partial charge in [-0.3, -0.25) is 4.79 Å². The topological polar surface area (TPSA) is 66.5 Å². The van der Waals surface area contributed by atoms with Crippen molar-refractivity contribution in [2.24, 2.45) is 5.92 Å². The molecule has 1 aromatic carbocycles. The standard InChI is InChI=1S/C16H24N2O3S/c1-13(2)16(19)17-9-5-11-22(20,21)18-10-8-14-6-3-4-7-15(14)12-18/h3-4,6-7,13H,5,8-12H2,1-2H3,(H,17,19). The smallest absolute Gasteiger partial charge is 0.222 e. The van der Waals surface area contributed by atoms with Gasteiger partial charge in [-0.25, -0.2) is 8.42 Å². The van der Waals surface area contributed by atoms with Gasteiger partial charge in [0.05, 0.1) is 5.75 Å². The van der Waals surface area contributed by atoms with Crippen LogP contribution in [0.2, 0.25) is 0 Å². The molecule has 1 aliphatic heterocycles. The number of nitrogens with one attached hydrogen (secondary N) is 1. The number of amides is 1. The van der Waals surface area contributed by atoms with Crippen molar-refractivity contribution in [2.45, 2.75) is 33.2 Å². The van der Waals surface area contributed by atoms with Crippen molar-refractivity contribution in [3.63, 3.8) is 0 Å². The van der Waals surface area contributed by atoms with Crippen molar-refractivity contribution in [3.05, 3.63) is 35.4 Å². The summed E-state index contributed by atoms with van der Waals surface area (Å²) in [6.07, 6.45) is 1.21. The van der Waals surface area contributed by atoms with Gasteiger partial charge in [0.25, 0.3) is 0 Å². The third kappa shape index (κ3) is 4.30. The van der Waals surface area contributed by atoms with E-state index in [1.807, 2.05) is 32.0 Å². The minimum atomic E-state index is -3.26. The Morgan fingerprint density at radius 3 is 2.64 bits per heavy atom. The Hall–Kier alpha value is -1.40. The maximum absolute atomic E-state index is 12.4. The lowest BCUT2D eigenvalue weighted by molar-refractivity contribution is -0.123. The van der Waals surface area contributed by atoms with Crippen LogP contribution in [0.15, 0.2) is 24.3 Å². The lowest BCUT2D eigenvalue weighted by atomic mass is 10.0. The quantitative estimate of drug-likeness (QED) is 0.807. The lowest BCUT2D eigenvalue weighted by Crippen LogP contribution is -2.38. The van der Waals surface area contributed by atoms with Crippen LogP contribution < -0.4 is 5.32 Å². The highest BCUT2D eigenvalue weighted by molar-refractivity contribution is 7.89. The summed E-state index contributed by atoms with van der Waals surface area (Å²) in [7, 11) is -3.26. The summed E-state index contributed by atoms with van der Waals surface area (Å²) in [4.78, 5) is 11.4. The van der Waals surface area contributed by atoms with Gasteiger partial charge in [-0.2, -0.15) is 4.31 Å². The van der Waals surface area contributed by atoms with Crippen LogP contribution in [0, 0.1) is 5.92 Å². The molecule has 0 spiro atoms. The number of hydrogen-bond donors (Lipinski definition) is 1. The van der Waals surface area contributed by atoms with Gasteiger partial charge in [-0.05, 0) is 24.0 Å². The van der Waals surface area contributed by atoms with Crippen molar-refractivity contribution in [1.29, 1.82) is 0 Å². The number of nitrogens with zero attached hydrogens (tertiary/aromatic N) is 1. The van der Waals surface area contributed by atoms with E-state index in [0.29, 0.717) is 26.1 Å². The predicted octanol–water partition coefficient (Wildman–Crippen LogP) is 1.54. The van der Waals surface area contributed by atoms with E-state index in [1.165, 1.54) is 5.56 Å². The molecule has 0 radical (unpaired) electrons. The molecule has 5 nitrogen and oxygen atoms in total.